The highest BCUT2D eigenvalue weighted by molar-refractivity contribution is 5.49. The molecule has 31 heavy (non-hydrogen) atoms. The fraction of sp³-hybridized carbons (Fsp3) is 0.308. The van der Waals surface area contributed by atoms with Gasteiger partial charge in [0, 0.05) is 13.1 Å². The number of hydrogen-bond acceptors (Lipinski definition) is 5. The van der Waals surface area contributed by atoms with Crippen LogP contribution in [0.1, 0.15) is 16.7 Å². The lowest BCUT2D eigenvalue weighted by Crippen LogP contribution is -2.44. The number of hydrogen-bond donors (Lipinski definition) is 1. The molecule has 4 rings (SSSR count). The number of methoxy groups -OCH3 is 2. The molecular weight excluding hydrogens is 390 g/mol. The molecular formula is C26H29NO4. The summed E-state index contributed by atoms with van der Waals surface area (Å²) in [4.78, 5) is 0. The average molecular weight is 420 g/mol. The van der Waals surface area contributed by atoms with Crippen LogP contribution in [0.25, 0.3) is 0 Å². The Labute approximate surface area is 183 Å². The molecule has 0 spiro atoms. The molecule has 1 aliphatic heterocycles. The molecule has 1 saturated heterocycles. The Morgan fingerprint density at radius 3 is 1.84 bits per heavy atom. The van der Waals surface area contributed by atoms with Crippen molar-refractivity contribution in [3.05, 3.63) is 95.6 Å². The molecule has 3 aromatic carbocycles. The minimum Gasteiger partial charge on any atom is -0.497 e. The maximum absolute atomic E-state index is 6.83. The Morgan fingerprint density at radius 1 is 0.806 bits per heavy atom. The van der Waals surface area contributed by atoms with Gasteiger partial charge in [0.15, 0.2) is 0 Å². The predicted molar refractivity (Wildman–Crippen MR) is 121 cm³/mol. The predicted octanol–water partition coefficient (Wildman–Crippen LogP) is 4.00. The maximum atomic E-state index is 6.83. The van der Waals surface area contributed by atoms with E-state index in [1.165, 1.54) is 0 Å². The molecule has 1 aliphatic rings. The van der Waals surface area contributed by atoms with Crippen molar-refractivity contribution in [2.24, 2.45) is 0 Å². The van der Waals surface area contributed by atoms with Crippen molar-refractivity contribution < 1.29 is 18.9 Å². The molecule has 0 unspecified atom stereocenters. The third kappa shape index (κ3) is 4.59. The number of benzene rings is 3. The first-order valence-electron chi connectivity index (χ1n) is 10.6. The first-order chi connectivity index (χ1) is 15.3. The van der Waals surface area contributed by atoms with Crippen molar-refractivity contribution in [1.29, 1.82) is 0 Å². The van der Waals surface area contributed by atoms with Crippen LogP contribution in [0.5, 0.6) is 11.5 Å². The van der Waals surface area contributed by atoms with Crippen LogP contribution in [0.4, 0.5) is 0 Å². The van der Waals surface area contributed by atoms with Crippen LogP contribution >= 0.6 is 0 Å². The third-order valence-electron chi connectivity index (χ3n) is 5.66. The highest BCUT2D eigenvalue weighted by Crippen LogP contribution is 2.41. The summed E-state index contributed by atoms with van der Waals surface area (Å²) < 4.78 is 23.5. The zero-order valence-electron chi connectivity index (χ0n) is 18.0. The van der Waals surface area contributed by atoms with Crippen LogP contribution in [0, 0.1) is 0 Å². The summed E-state index contributed by atoms with van der Waals surface area (Å²) in [6.07, 6.45) is -0.00617. The number of rotatable bonds is 8. The maximum Gasteiger partial charge on any atom is 0.143 e. The number of nitrogens with one attached hydrogen (secondary N) is 1. The summed E-state index contributed by atoms with van der Waals surface area (Å²) in [7, 11) is 3.35. The quantitative estimate of drug-likeness (QED) is 0.560. The molecule has 1 atom stereocenters. The Balaban J connectivity index is 1.83. The minimum absolute atomic E-state index is 0.00617. The molecule has 162 valence electrons. The lowest BCUT2D eigenvalue weighted by atomic mass is 9.80. The molecule has 0 saturated carbocycles. The van der Waals surface area contributed by atoms with E-state index in [1.807, 2.05) is 42.5 Å². The summed E-state index contributed by atoms with van der Waals surface area (Å²) in [5, 5.41) is 3.38. The van der Waals surface area contributed by atoms with Gasteiger partial charge >= 0.3 is 0 Å². The highest BCUT2D eigenvalue weighted by Gasteiger charge is 2.38. The average Bonchev–Trinajstić information content (AvgIpc) is 2.86. The van der Waals surface area contributed by atoms with Gasteiger partial charge in [-0.25, -0.2) is 0 Å². The van der Waals surface area contributed by atoms with E-state index in [9.17, 15) is 0 Å². The number of morpholine rings is 1. The lowest BCUT2D eigenvalue weighted by Gasteiger charge is -2.37. The number of ether oxygens (including phenoxy) is 4. The second-order valence-corrected chi connectivity index (χ2v) is 7.51. The summed E-state index contributed by atoms with van der Waals surface area (Å²) >= 11 is 0. The Bertz CT molecular complexity index is 888. The van der Waals surface area contributed by atoms with Gasteiger partial charge in [-0.15, -0.1) is 0 Å². The van der Waals surface area contributed by atoms with E-state index in [4.69, 9.17) is 18.9 Å². The largest absolute Gasteiger partial charge is 0.497 e. The SMILES string of the molecule is COc1ccc(C(OC[C@H]2CNCCO2)(c2ccccc2)c2ccc(OC)cc2)cc1. The summed E-state index contributed by atoms with van der Waals surface area (Å²) in [5.74, 6) is 1.61. The molecule has 0 radical (unpaired) electrons. The molecule has 1 N–H and O–H groups in total. The van der Waals surface area contributed by atoms with Crippen LogP contribution < -0.4 is 14.8 Å². The second-order valence-electron chi connectivity index (χ2n) is 7.51. The van der Waals surface area contributed by atoms with Gasteiger partial charge in [-0.3, -0.25) is 0 Å². The normalized spacial score (nSPS) is 16.6. The Morgan fingerprint density at radius 2 is 1.35 bits per heavy atom. The monoisotopic (exact) mass is 419 g/mol. The Kier molecular flexibility index (Phi) is 6.87. The van der Waals surface area contributed by atoms with Gasteiger partial charge in [-0.2, -0.15) is 0 Å². The Hall–Kier alpha value is -2.86. The zero-order chi connectivity index (χ0) is 21.5. The van der Waals surface area contributed by atoms with Crippen molar-refractivity contribution in [2.75, 3.05) is 40.5 Å². The molecule has 1 fully saturated rings. The van der Waals surface area contributed by atoms with E-state index in [0.29, 0.717) is 13.2 Å². The van der Waals surface area contributed by atoms with Crippen LogP contribution in [-0.4, -0.2) is 46.6 Å². The van der Waals surface area contributed by atoms with E-state index < -0.39 is 5.60 Å². The highest BCUT2D eigenvalue weighted by atomic mass is 16.5. The summed E-state index contributed by atoms with van der Waals surface area (Å²) in [6.45, 7) is 2.80. The standard InChI is InChI=1S/C26H29NO4/c1-28-23-12-8-21(9-13-23)26(20-6-4-3-5-7-20,22-10-14-24(29-2)15-11-22)31-19-25-18-27-16-17-30-25/h3-15,25,27H,16-19H2,1-2H3/t25-/m1/s1. The first-order valence-corrected chi connectivity index (χ1v) is 10.6. The van der Waals surface area contributed by atoms with E-state index in [2.05, 4.69) is 41.7 Å². The van der Waals surface area contributed by atoms with E-state index in [-0.39, 0.29) is 6.10 Å². The van der Waals surface area contributed by atoms with Crippen molar-refractivity contribution in [2.45, 2.75) is 11.7 Å². The smallest absolute Gasteiger partial charge is 0.143 e. The summed E-state index contributed by atoms with van der Waals surface area (Å²) in [6, 6.07) is 26.5. The molecule has 5 nitrogen and oxygen atoms in total. The second kappa shape index (κ2) is 9.96. The van der Waals surface area contributed by atoms with Crippen LogP contribution in [0.3, 0.4) is 0 Å². The molecule has 5 heteroatoms. The van der Waals surface area contributed by atoms with Crippen molar-refractivity contribution >= 4 is 0 Å². The molecule has 3 aromatic rings. The van der Waals surface area contributed by atoms with Crippen LogP contribution in [0.15, 0.2) is 78.9 Å². The van der Waals surface area contributed by atoms with E-state index in [1.54, 1.807) is 14.2 Å². The lowest BCUT2D eigenvalue weighted by molar-refractivity contribution is -0.0735. The van der Waals surface area contributed by atoms with Gasteiger partial charge in [0.05, 0.1) is 33.5 Å². The van der Waals surface area contributed by atoms with Crippen LogP contribution in [-0.2, 0) is 15.1 Å². The topological polar surface area (TPSA) is 49.0 Å². The molecule has 0 bridgehead atoms. The molecule has 1 heterocycles. The van der Waals surface area contributed by atoms with Gasteiger partial charge in [0.1, 0.15) is 17.1 Å². The minimum atomic E-state index is -0.805. The van der Waals surface area contributed by atoms with Crippen LogP contribution in [0.2, 0.25) is 0 Å². The third-order valence-corrected chi connectivity index (χ3v) is 5.66. The first kappa shape index (κ1) is 21.4. The zero-order valence-corrected chi connectivity index (χ0v) is 18.0. The summed E-state index contributed by atoms with van der Waals surface area (Å²) in [5.41, 5.74) is 2.29. The van der Waals surface area contributed by atoms with Crippen molar-refractivity contribution in [3.63, 3.8) is 0 Å². The van der Waals surface area contributed by atoms with Gasteiger partial charge in [-0.1, -0.05) is 54.6 Å². The van der Waals surface area contributed by atoms with Gasteiger partial charge < -0.3 is 24.3 Å². The molecule has 0 aliphatic carbocycles. The van der Waals surface area contributed by atoms with E-state index in [0.717, 1.165) is 41.3 Å². The van der Waals surface area contributed by atoms with Crippen molar-refractivity contribution in [1.82, 2.24) is 5.32 Å². The molecule has 0 aromatic heterocycles. The fourth-order valence-electron chi connectivity index (χ4n) is 4.02. The van der Waals surface area contributed by atoms with Gasteiger partial charge in [0.25, 0.3) is 0 Å². The van der Waals surface area contributed by atoms with Crippen molar-refractivity contribution in [3.8, 4) is 11.5 Å². The molecule has 0 amide bonds. The van der Waals surface area contributed by atoms with E-state index >= 15 is 0 Å². The fourth-order valence-corrected chi connectivity index (χ4v) is 4.02. The van der Waals surface area contributed by atoms with Gasteiger partial charge in [0.2, 0.25) is 0 Å². The van der Waals surface area contributed by atoms with Gasteiger partial charge in [-0.05, 0) is 41.0 Å².